The lowest BCUT2D eigenvalue weighted by Gasteiger charge is -2.13. The van der Waals surface area contributed by atoms with Gasteiger partial charge in [-0.15, -0.1) is 0 Å². The molecule has 2 bridgehead atoms. The molecule has 1 saturated carbocycles. The lowest BCUT2D eigenvalue weighted by atomic mass is 9.91. The average molecular weight is 284 g/mol. The van der Waals surface area contributed by atoms with Crippen LogP contribution in [-0.4, -0.2) is 5.78 Å². The summed E-state index contributed by atoms with van der Waals surface area (Å²) < 4.78 is 1.29. The molecular formula is C11H9IO. The summed E-state index contributed by atoms with van der Waals surface area (Å²) in [7, 11) is 0. The van der Waals surface area contributed by atoms with E-state index in [-0.39, 0.29) is 5.92 Å². The van der Waals surface area contributed by atoms with Crippen LogP contribution in [0.1, 0.15) is 35.8 Å². The fraction of sp³-hybridized carbons (Fsp3) is 0.364. The van der Waals surface area contributed by atoms with E-state index >= 15 is 0 Å². The van der Waals surface area contributed by atoms with Crippen LogP contribution < -0.4 is 0 Å². The van der Waals surface area contributed by atoms with E-state index in [1.54, 1.807) is 0 Å². The minimum Gasteiger partial charge on any atom is -0.299 e. The fourth-order valence-corrected chi connectivity index (χ4v) is 3.15. The van der Waals surface area contributed by atoms with Crippen LogP contribution in [0.5, 0.6) is 0 Å². The molecule has 1 aromatic rings. The standard InChI is InChI=1S/C11H9IO/c12-7-1-2-8-9(5-7)6-3-10(8)11(13)4-6/h1-2,5-6,10H,3-4H2/t6-,10+/m1/s1. The molecule has 1 nitrogen and oxygen atoms in total. The number of rotatable bonds is 0. The first kappa shape index (κ1) is 7.97. The third kappa shape index (κ3) is 1.01. The van der Waals surface area contributed by atoms with Crippen LogP contribution >= 0.6 is 22.6 Å². The zero-order valence-corrected chi connectivity index (χ0v) is 9.24. The van der Waals surface area contributed by atoms with E-state index in [1.807, 2.05) is 0 Å². The number of hydrogen-bond donors (Lipinski definition) is 0. The number of ketones is 1. The molecule has 2 aliphatic carbocycles. The maximum Gasteiger partial charge on any atom is 0.140 e. The quantitative estimate of drug-likeness (QED) is 0.669. The van der Waals surface area contributed by atoms with Gasteiger partial charge in [-0.05, 0) is 58.2 Å². The Labute approximate surface area is 90.7 Å². The van der Waals surface area contributed by atoms with Gasteiger partial charge in [-0.3, -0.25) is 4.79 Å². The van der Waals surface area contributed by atoms with Gasteiger partial charge in [-0.25, -0.2) is 0 Å². The highest BCUT2D eigenvalue weighted by atomic mass is 127. The summed E-state index contributed by atoms with van der Waals surface area (Å²) in [6.07, 6.45) is 1.87. The molecule has 0 unspecified atom stereocenters. The first-order valence-electron chi connectivity index (χ1n) is 4.58. The van der Waals surface area contributed by atoms with Crippen molar-refractivity contribution in [2.75, 3.05) is 0 Å². The zero-order valence-electron chi connectivity index (χ0n) is 7.09. The molecule has 0 saturated heterocycles. The van der Waals surface area contributed by atoms with E-state index in [2.05, 4.69) is 40.8 Å². The lowest BCUT2D eigenvalue weighted by molar-refractivity contribution is -0.118. The van der Waals surface area contributed by atoms with Gasteiger partial charge in [-0.1, -0.05) is 6.07 Å². The first-order chi connectivity index (χ1) is 6.25. The molecule has 2 aliphatic rings. The van der Waals surface area contributed by atoms with Gasteiger partial charge in [0, 0.05) is 15.9 Å². The number of carbonyl (C=O) groups is 1. The Morgan fingerprint density at radius 1 is 1.31 bits per heavy atom. The van der Waals surface area contributed by atoms with Crippen molar-refractivity contribution in [3.8, 4) is 0 Å². The molecule has 66 valence electrons. The van der Waals surface area contributed by atoms with Crippen molar-refractivity contribution in [3.05, 3.63) is 32.9 Å². The van der Waals surface area contributed by atoms with Crippen molar-refractivity contribution < 1.29 is 4.79 Å². The van der Waals surface area contributed by atoms with Crippen LogP contribution in [-0.2, 0) is 4.79 Å². The molecule has 0 heterocycles. The van der Waals surface area contributed by atoms with E-state index < -0.39 is 0 Å². The van der Waals surface area contributed by atoms with Gasteiger partial charge >= 0.3 is 0 Å². The summed E-state index contributed by atoms with van der Waals surface area (Å²) in [6.45, 7) is 0. The molecule has 1 fully saturated rings. The normalized spacial score (nSPS) is 29.5. The molecule has 2 heteroatoms. The Morgan fingerprint density at radius 2 is 2.15 bits per heavy atom. The number of Topliss-reactive ketones (excluding diaryl/α,β-unsaturated/α-hetero) is 1. The molecule has 13 heavy (non-hydrogen) atoms. The minimum absolute atomic E-state index is 0.247. The van der Waals surface area contributed by atoms with Gasteiger partial charge in [0.05, 0.1) is 0 Å². The molecule has 0 aliphatic heterocycles. The van der Waals surface area contributed by atoms with E-state index in [0.717, 1.165) is 12.8 Å². The molecule has 0 amide bonds. The van der Waals surface area contributed by atoms with Gasteiger partial charge in [0.1, 0.15) is 5.78 Å². The number of carbonyl (C=O) groups excluding carboxylic acids is 1. The van der Waals surface area contributed by atoms with E-state index in [4.69, 9.17) is 0 Å². The highest BCUT2D eigenvalue weighted by Gasteiger charge is 2.42. The Balaban J connectivity index is 2.21. The van der Waals surface area contributed by atoms with Crippen LogP contribution in [0, 0.1) is 3.57 Å². The van der Waals surface area contributed by atoms with Gasteiger partial charge < -0.3 is 0 Å². The summed E-state index contributed by atoms with van der Waals surface area (Å²) in [6, 6.07) is 6.49. The Bertz CT molecular complexity index is 397. The number of benzene rings is 1. The van der Waals surface area contributed by atoms with Gasteiger partial charge in [0.25, 0.3) is 0 Å². The molecule has 3 rings (SSSR count). The van der Waals surface area contributed by atoms with Crippen LogP contribution in [0.3, 0.4) is 0 Å². The largest absolute Gasteiger partial charge is 0.299 e. The SMILES string of the molecule is O=C1C[C@H]2C[C@H]1c1ccc(I)cc12. The Morgan fingerprint density at radius 3 is 3.00 bits per heavy atom. The average Bonchev–Trinajstić information content (AvgIpc) is 2.61. The Kier molecular flexibility index (Phi) is 1.57. The van der Waals surface area contributed by atoms with Crippen molar-refractivity contribution in [3.63, 3.8) is 0 Å². The third-order valence-electron chi connectivity index (χ3n) is 3.22. The second-order valence-electron chi connectivity index (χ2n) is 3.93. The van der Waals surface area contributed by atoms with Crippen LogP contribution in [0.2, 0.25) is 0 Å². The predicted octanol–water partition coefficient (Wildman–Crippen LogP) is 2.83. The van der Waals surface area contributed by atoms with E-state index in [0.29, 0.717) is 11.7 Å². The molecular weight excluding hydrogens is 275 g/mol. The van der Waals surface area contributed by atoms with Gasteiger partial charge in [-0.2, -0.15) is 0 Å². The van der Waals surface area contributed by atoms with Crippen molar-refractivity contribution >= 4 is 28.4 Å². The number of fused-ring (bicyclic) bond motifs is 5. The molecule has 0 aromatic heterocycles. The maximum absolute atomic E-state index is 11.5. The van der Waals surface area contributed by atoms with Crippen LogP contribution in [0.4, 0.5) is 0 Å². The molecule has 0 N–H and O–H groups in total. The fourth-order valence-electron chi connectivity index (χ4n) is 2.64. The molecule has 2 atom stereocenters. The lowest BCUT2D eigenvalue weighted by Crippen LogP contribution is -2.08. The summed E-state index contributed by atoms with van der Waals surface area (Å²) >= 11 is 2.33. The summed E-state index contributed by atoms with van der Waals surface area (Å²) in [5.74, 6) is 1.25. The molecule has 1 aromatic carbocycles. The molecule has 0 spiro atoms. The first-order valence-corrected chi connectivity index (χ1v) is 5.65. The van der Waals surface area contributed by atoms with E-state index in [9.17, 15) is 4.79 Å². The van der Waals surface area contributed by atoms with E-state index in [1.165, 1.54) is 14.7 Å². The van der Waals surface area contributed by atoms with Crippen molar-refractivity contribution in [1.29, 1.82) is 0 Å². The van der Waals surface area contributed by atoms with Crippen molar-refractivity contribution in [2.24, 2.45) is 0 Å². The minimum atomic E-state index is 0.247. The van der Waals surface area contributed by atoms with Gasteiger partial charge in [0.15, 0.2) is 0 Å². The maximum atomic E-state index is 11.5. The van der Waals surface area contributed by atoms with Crippen LogP contribution in [0.25, 0.3) is 0 Å². The summed E-state index contributed by atoms with van der Waals surface area (Å²) in [5.41, 5.74) is 2.75. The highest BCUT2D eigenvalue weighted by Crippen LogP contribution is 2.51. The molecule has 0 radical (unpaired) electrons. The second kappa shape index (κ2) is 2.56. The Hall–Kier alpha value is -0.380. The monoisotopic (exact) mass is 284 g/mol. The third-order valence-corrected chi connectivity index (χ3v) is 3.89. The predicted molar refractivity (Wildman–Crippen MR) is 58.9 cm³/mol. The van der Waals surface area contributed by atoms with Crippen LogP contribution in [0.15, 0.2) is 18.2 Å². The smallest absolute Gasteiger partial charge is 0.140 e. The number of hydrogen-bond acceptors (Lipinski definition) is 1. The summed E-state index contributed by atoms with van der Waals surface area (Å²) in [4.78, 5) is 11.5. The number of halogens is 1. The topological polar surface area (TPSA) is 17.1 Å². The summed E-state index contributed by atoms with van der Waals surface area (Å²) in [5, 5.41) is 0. The highest BCUT2D eigenvalue weighted by molar-refractivity contribution is 14.1. The second-order valence-corrected chi connectivity index (χ2v) is 5.17. The van der Waals surface area contributed by atoms with Crippen molar-refractivity contribution in [1.82, 2.24) is 0 Å². The van der Waals surface area contributed by atoms with Crippen molar-refractivity contribution in [2.45, 2.75) is 24.7 Å². The zero-order chi connectivity index (χ0) is 9.00. The van der Waals surface area contributed by atoms with Gasteiger partial charge in [0.2, 0.25) is 0 Å².